The summed E-state index contributed by atoms with van der Waals surface area (Å²) in [5.41, 5.74) is 1.12. The van der Waals surface area contributed by atoms with E-state index in [1.807, 2.05) is 13.0 Å². The summed E-state index contributed by atoms with van der Waals surface area (Å²) in [4.78, 5) is 0. The molecule has 0 aliphatic heterocycles. The Kier molecular flexibility index (Phi) is 3.56. The number of nitrogens with one attached hydrogen (secondary N) is 1. The lowest BCUT2D eigenvalue weighted by Crippen LogP contribution is -2.14. The maximum absolute atomic E-state index is 5.21. The monoisotopic (exact) mass is 229 g/mol. The molecule has 0 amide bonds. The lowest BCUT2D eigenvalue weighted by atomic mass is 10.3. The quantitative estimate of drug-likeness (QED) is 0.804. The summed E-state index contributed by atoms with van der Waals surface area (Å²) in [6, 6.07) is 1.89. The van der Waals surface area contributed by atoms with Crippen molar-refractivity contribution in [1.29, 1.82) is 0 Å². The molecular formula is C9H12BrNO. The summed E-state index contributed by atoms with van der Waals surface area (Å²) in [6.07, 6.45) is 1.67. The first-order valence-corrected chi connectivity index (χ1v) is 4.56. The van der Waals surface area contributed by atoms with Crippen LogP contribution >= 0.6 is 15.9 Å². The second-order valence-corrected chi connectivity index (χ2v) is 3.61. The summed E-state index contributed by atoms with van der Waals surface area (Å²) in [7, 11) is 0. The maximum Gasteiger partial charge on any atom is 0.131 e. The molecule has 0 aromatic carbocycles. The van der Waals surface area contributed by atoms with Crippen LogP contribution in [0.1, 0.15) is 12.7 Å². The molecular weight excluding hydrogens is 218 g/mol. The van der Waals surface area contributed by atoms with E-state index < -0.39 is 0 Å². The standard InChI is InChI=1S/C9H12BrNO/c1-7(2)5-11-6-9-8(10)3-4-12-9/h3-4,11H,1,5-6H2,2H3. The average molecular weight is 230 g/mol. The highest BCUT2D eigenvalue weighted by Crippen LogP contribution is 2.16. The van der Waals surface area contributed by atoms with Crippen molar-refractivity contribution in [2.75, 3.05) is 6.54 Å². The van der Waals surface area contributed by atoms with Crippen LogP contribution in [0.3, 0.4) is 0 Å². The zero-order valence-electron chi connectivity index (χ0n) is 7.06. The van der Waals surface area contributed by atoms with Crippen LogP contribution in [0, 0.1) is 0 Å². The van der Waals surface area contributed by atoms with Crippen LogP contribution in [-0.4, -0.2) is 6.54 Å². The third-order valence-electron chi connectivity index (χ3n) is 1.40. The minimum Gasteiger partial charge on any atom is -0.467 e. The van der Waals surface area contributed by atoms with Crippen LogP contribution < -0.4 is 5.32 Å². The molecule has 0 radical (unpaired) electrons. The zero-order valence-corrected chi connectivity index (χ0v) is 8.65. The van der Waals surface area contributed by atoms with Gasteiger partial charge in [0.2, 0.25) is 0 Å². The van der Waals surface area contributed by atoms with Crippen molar-refractivity contribution in [3.63, 3.8) is 0 Å². The number of hydrogen-bond donors (Lipinski definition) is 1. The van der Waals surface area contributed by atoms with Gasteiger partial charge in [0.05, 0.1) is 17.3 Å². The van der Waals surface area contributed by atoms with E-state index in [0.717, 1.165) is 28.9 Å². The van der Waals surface area contributed by atoms with Crippen LogP contribution in [0.4, 0.5) is 0 Å². The lowest BCUT2D eigenvalue weighted by molar-refractivity contribution is 0.487. The smallest absolute Gasteiger partial charge is 0.131 e. The van der Waals surface area contributed by atoms with Crippen LogP contribution in [0.25, 0.3) is 0 Å². The van der Waals surface area contributed by atoms with Crippen LogP contribution in [0.15, 0.2) is 33.4 Å². The van der Waals surface area contributed by atoms with E-state index >= 15 is 0 Å². The maximum atomic E-state index is 5.21. The Morgan fingerprint density at radius 2 is 2.50 bits per heavy atom. The molecule has 12 heavy (non-hydrogen) atoms. The first-order chi connectivity index (χ1) is 5.70. The number of rotatable bonds is 4. The minimum absolute atomic E-state index is 0.737. The van der Waals surface area contributed by atoms with E-state index in [9.17, 15) is 0 Å². The molecule has 1 rings (SSSR count). The van der Waals surface area contributed by atoms with Crippen LogP contribution in [-0.2, 0) is 6.54 Å². The van der Waals surface area contributed by atoms with Crippen molar-refractivity contribution in [2.45, 2.75) is 13.5 Å². The molecule has 0 saturated carbocycles. The van der Waals surface area contributed by atoms with Gasteiger partial charge in [-0.3, -0.25) is 0 Å². The van der Waals surface area contributed by atoms with Gasteiger partial charge in [-0.2, -0.15) is 0 Å². The fourth-order valence-corrected chi connectivity index (χ4v) is 1.18. The van der Waals surface area contributed by atoms with Gasteiger partial charge in [0, 0.05) is 6.54 Å². The first-order valence-electron chi connectivity index (χ1n) is 3.77. The van der Waals surface area contributed by atoms with Gasteiger partial charge in [-0.05, 0) is 28.9 Å². The highest BCUT2D eigenvalue weighted by Gasteiger charge is 2.01. The summed E-state index contributed by atoms with van der Waals surface area (Å²) in [5.74, 6) is 0.927. The molecule has 0 unspecified atom stereocenters. The van der Waals surface area contributed by atoms with Crippen molar-refractivity contribution in [3.8, 4) is 0 Å². The molecule has 0 spiro atoms. The Labute approximate surface area is 80.8 Å². The molecule has 1 aromatic rings. The number of halogens is 1. The largest absolute Gasteiger partial charge is 0.467 e. The van der Waals surface area contributed by atoms with Gasteiger partial charge in [-0.15, -0.1) is 0 Å². The van der Waals surface area contributed by atoms with Gasteiger partial charge in [0.15, 0.2) is 0 Å². The highest BCUT2D eigenvalue weighted by molar-refractivity contribution is 9.10. The molecule has 2 nitrogen and oxygen atoms in total. The minimum atomic E-state index is 0.737. The topological polar surface area (TPSA) is 25.2 Å². The number of hydrogen-bond acceptors (Lipinski definition) is 2. The Hall–Kier alpha value is -0.540. The normalized spacial score (nSPS) is 10.2. The molecule has 1 heterocycles. The van der Waals surface area contributed by atoms with Gasteiger partial charge in [0.25, 0.3) is 0 Å². The molecule has 0 fully saturated rings. The SMILES string of the molecule is C=C(C)CNCc1occc1Br. The van der Waals surface area contributed by atoms with E-state index in [-0.39, 0.29) is 0 Å². The van der Waals surface area contributed by atoms with Crippen LogP contribution in [0.5, 0.6) is 0 Å². The summed E-state index contributed by atoms with van der Waals surface area (Å²) < 4.78 is 6.22. The third-order valence-corrected chi connectivity index (χ3v) is 2.11. The van der Waals surface area contributed by atoms with Crippen molar-refractivity contribution >= 4 is 15.9 Å². The van der Waals surface area contributed by atoms with Crippen molar-refractivity contribution < 1.29 is 4.42 Å². The summed E-state index contributed by atoms with van der Waals surface area (Å²) in [6.45, 7) is 7.34. The van der Waals surface area contributed by atoms with E-state index in [1.54, 1.807) is 6.26 Å². The van der Waals surface area contributed by atoms with Crippen molar-refractivity contribution in [3.05, 3.63) is 34.7 Å². The van der Waals surface area contributed by atoms with E-state index in [1.165, 1.54) is 0 Å². The third kappa shape index (κ3) is 2.83. The lowest BCUT2D eigenvalue weighted by Gasteiger charge is -2.01. The van der Waals surface area contributed by atoms with Gasteiger partial charge < -0.3 is 9.73 Å². The molecule has 0 aliphatic rings. The fourth-order valence-electron chi connectivity index (χ4n) is 0.841. The molecule has 0 saturated heterocycles. The molecule has 3 heteroatoms. The first kappa shape index (κ1) is 9.55. The van der Waals surface area contributed by atoms with E-state index in [4.69, 9.17) is 4.42 Å². The molecule has 66 valence electrons. The summed E-state index contributed by atoms with van der Waals surface area (Å²) in [5, 5.41) is 3.20. The second kappa shape index (κ2) is 4.48. The summed E-state index contributed by atoms with van der Waals surface area (Å²) >= 11 is 3.38. The van der Waals surface area contributed by atoms with E-state index in [2.05, 4.69) is 27.8 Å². The zero-order chi connectivity index (χ0) is 8.97. The second-order valence-electron chi connectivity index (χ2n) is 2.75. The Morgan fingerprint density at radius 3 is 3.00 bits per heavy atom. The van der Waals surface area contributed by atoms with E-state index in [0.29, 0.717) is 0 Å². The highest BCUT2D eigenvalue weighted by atomic mass is 79.9. The van der Waals surface area contributed by atoms with Crippen molar-refractivity contribution in [2.24, 2.45) is 0 Å². The Morgan fingerprint density at radius 1 is 1.75 bits per heavy atom. The van der Waals surface area contributed by atoms with Crippen molar-refractivity contribution in [1.82, 2.24) is 5.32 Å². The molecule has 1 aromatic heterocycles. The Bertz CT molecular complexity index is 267. The average Bonchev–Trinajstić information content (AvgIpc) is 2.36. The fraction of sp³-hybridized carbons (Fsp3) is 0.333. The molecule has 0 bridgehead atoms. The predicted molar refractivity (Wildman–Crippen MR) is 52.9 cm³/mol. The molecule has 0 aliphatic carbocycles. The molecule has 1 N–H and O–H groups in total. The van der Waals surface area contributed by atoms with Gasteiger partial charge in [-0.25, -0.2) is 0 Å². The predicted octanol–water partition coefficient (Wildman–Crippen LogP) is 2.71. The van der Waals surface area contributed by atoms with Gasteiger partial charge >= 0.3 is 0 Å². The van der Waals surface area contributed by atoms with Gasteiger partial charge in [0.1, 0.15) is 5.76 Å². The van der Waals surface area contributed by atoms with Gasteiger partial charge in [-0.1, -0.05) is 12.2 Å². The van der Waals surface area contributed by atoms with Crippen LogP contribution in [0.2, 0.25) is 0 Å². The Balaban J connectivity index is 2.33. The number of furan rings is 1. The molecule has 0 atom stereocenters.